The Balaban J connectivity index is 1.66. The van der Waals surface area contributed by atoms with Crippen LogP contribution in [-0.4, -0.2) is 54.4 Å². The predicted octanol–water partition coefficient (Wildman–Crippen LogP) is 4.69. The maximum Gasteiger partial charge on any atom is 0.257 e. The van der Waals surface area contributed by atoms with Gasteiger partial charge in [-0.05, 0) is 60.7 Å². The molecule has 0 spiro atoms. The molecule has 2 aromatic carbocycles. The number of nitriles is 1. The molecule has 0 saturated carbocycles. The first-order chi connectivity index (χ1) is 19.5. The van der Waals surface area contributed by atoms with Crippen LogP contribution in [0.5, 0.6) is 0 Å². The van der Waals surface area contributed by atoms with Crippen molar-refractivity contribution in [2.24, 2.45) is 11.0 Å². The predicted molar refractivity (Wildman–Crippen MR) is 149 cm³/mol. The van der Waals surface area contributed by atoms with Gasteiger partial charge in [0.05, 0.1) is 28.8 Å². The first-order valence-electron chi connectivity index (χ1n) is 13.1. The summed E-state index contributed by atoms with van der Waals surface area (Å²) in [5, 5.41) is 19.2. The Labute approximate surface area is 231 Å². The molecular weight excluding hydrogens is 511 g/mol. The van der Waals surface area contributed by atoms with E-state index in [1.807, 2.05) is 6.07 Å². The Kier molecular flexibility index (Phi) is 9.64. The van der Waals surface area contributed by atoms with Gasteiger partial charge in [-0.3, -0.25) is 9.59 Å². The van der Waals surface area contributed by atoms with Gasteiger partial charge in [0.2, 0.25) is 5.91 Å². The third-order valence-corrected chi connectivity index (χ3v) is 6.70. The molecule has 0 bridgehead atoms. The zero-order chi connectivity index (χ0) is 28.3. The number of carbonyl (C=O) groups excluding carboxylic acids is 2. The van der Waals surface area contributed by atoms with Crippen LogP contribution in [0.25, 0.3) is 21.7 Å². The topological polar surface area (TPSA) is 147 Å². The molecule has 1 aliphatic rings. The molecule has 4 rings (SSSR count). The minimum absolute atomic E-state index is 0.0555. The van der Waals surface area contributed by atoms with E-state index in [1.165, 1.54) is 17.0 Å². The number of anilines is 1. The first-order valence-corrected chi connectivity index (χ1v) is 13.1. The van der Waals surface area contributed by atoms with Gasteiger partial charge in [0.1, 0.15) is 11.6 Å². The molecule has 1 atom stereocenters. The molecule has 2 amide bonds. The fourth-order valence-electron chi connectivity index (χ4n) is 4.67. The number of nitrogens with zero attached hydrogens (tertiary/aromatic N) is 6. The summed E-state index contributed by atoms with van der Waals surface area (Å²) in [6.45, 7) is 1.34. The molecule has 2 N–H and O–H groups in total. The largest absolute Gasteiger partial charge is 0.369 e. The number of hydrogen-bond acceptors (Lipinski definition) is 6. The van der Waals surface area contributed by atoms with E-state index in [1.54, 1.807) is 42.5 Å². The third-order valence-electron chi connectivity index (χ3n) is 6.70. The molecule has 1 unspecified atom stereocenters. The molecule has 11 heteroatoms. The Hall–Kier alpha value is -4.94. The maximum atomic E-state index is 13.9. The van der Waals surface area contributed by atoms with Gasteiger partial charge in [0.25, 0.3) is 5.91 Å². The quantitative estimate of drug-likeness (QED) is 0.206. The van der Waals surface area contributed by atoms with E-state index in [-0.39, 0.29) is 48.7 Å². The number of halogens is 1. The normalized spacial score (nSPS) is 14.4. The van der Waals surface area contributed by atoms with E-state index in [4.69, 9.17) is 10.5 Å². The van der Waals surface area contributed by atoms with Crippen molar-refractivity contribution in [1.82, 2.24) is 15.2 Å². The minimum Gasteiger partial charge on any atom is -0.369 e. The molecular formula is C29H29FN8O2. The van der Waals surface area contributed by atoms with Gasteiger partial charge in [-0.1, -0.05) is 35.4 Å². The fourth-order valence-corrected chi connectivity index (χ4v) is 4.67. The van der Waals surface area contributed by atoms with Crippen molar-refractivity contribution in [2.75, 3.05) is 38.0 Å². The van der Waals surface area contributed by atoms with E-state index in [0.717, 1.165) is 12.0 Å². The number of rotatable bonds is 11. The van der Waals surface area contributed by atoms with Crippen LogP contribution in [0.15, 0.2) is 65.8 Å². The van der Waals surface area contributed by atoms with Crippen LogP contribution in [-0.2, 0) is 11.2 Å². The Morgan fingerprint density at radius 1 is 1.25 bits per heavy atom. The number of amides is 2. The molecule has 204 valence electrons. The van der Waals surface area contributed by atoms with Crippen molar-refractivity contribution in [3.8, 4) is 17.3 Å². The Morgan fingerprint density at radius 2 is 2.10 bits per heavy atom. The number of nitrogens with one attached hydrogen (secondary N) is 2. The van der Waals surface area contributed by atoms with E-state index in [0.29, 0.717) is 48.6 Å². The zero-order valence-electron chi connectivity index (χ0n) is 21.9. The molecule has 3 aromatic rings. The number of piperidine rings is 1. The van der Waals surface area contributed by atoms with E-state index >= 15 is 0 Å². The summed E-state index contributed by atoms with van der Waals surface area (Å²) in [4.78, 5) is 35.3. The second-order valence-electron chi connectivity index (χ2n) is 9.39. The van der Waals surface area contributed by atoms with E-state index in [2.05, 4.69) is 26.7 Å². The summed E-state index contributed by atoms with van der Waals surface area (Å²) < 4.78 is 13.7. The van der Waals surface area contributed by atoms with Crippen molar-refractivity contribution in [3.05, 3.63) is 93.6 Å². The average molecular weight is 541 g/mol. The summed E-state index contributed by atoms with van der Waals surface area (Å²) in [5.74, 6) is -0.879. The monoisotopic (exact) mass is 540 g/mol. The van der Waals surface area contributed by atoms with Crippen molar-refractivity contribution in [1.29, 1.82) is 5.26 Å². The highest BCUT2D eigenvalue weighted by Gasteiger charge is 2.28. The van der Waals surface area contributed by atoms with Crippen LogP contribution in [0.3, 0.4) is 0 Å². The van der Waals surface area contributed by atoms with Gasteiger partial charge in [-0.2, -0.15) is 5.26 Å². The summed E-state index contributed by atoms with van der Waals surface area (Å²) in [6.07, 6.45) is 1.95. The van der Waals surface area contributed by atoms with Crippen molar-refractivity contribution < 1.29 is 14.0 Å². The smallest absolute Gasteiger partial charge is 0.257 e. The van der Waals surface area contributed by atoms with Crippen LogP contribution < -0.4 is 10.6 Å². The number of pyridine rings is 1. The molecule has 0 radical (unpaired) electrons. The standard InChI is InChI=1S/C29H29FN8O2/c30-23-8-3-5-20(17-23)12-14-33-27-25(10-11-26(36-27)24-9-2-1-6-21(24)18-31)29(40)38(16-15-35-37-32)19-22-7-4-13-34-28(22)39/h1-3,5-6,8-11,17,22H,4,7,12-16,19H2,(H,33,36)(H,34,39). The van der Waals surface area contributed by atoms with Crippen molar-refractivity contribution in [2.45, 2.75) is 19.3 Å². The SMILES string of the molecule is N#Cc1ccccc1-c1ccc(C(=O)N(CCN=[N+]=[N-])CC2CCCNC2=O)c(NCCc2cccc(F)c2)n1. The summed E-state index contributed by atoms with van der Waals surface area (Å²) in [6, 6.07) is 18.8. The number of aromatic nitrogens is 1. The van der Waals surface area contributed by atoms with Crippen LogP contribution in [0.1, 0.15) is 34.3 Å². The summed E-state index contributed by atoms with van der Waals surface area (Å²) >= 11 is 0. The number of azide groups is 1. The molecule has 1 saturated heterocycles. The van der Waals surface area contributed by atoms with Gasteiger partial charge < -0.3 is 15.5 Å². The summed E-state index contributed by atoms with van der Waals surface area (Å²) in [5.41, 5.74) is 11.4. The molecule has 1 aliphatic heterocycles. The number of benzene rings is 2. The van der Waals surface area contributed by atoms with Crippen molar-refractivity contribution in [3.63, 3.8) is 0 Å². The highest BCUT2D eigenvalue weighted by Crippen LogP contribution is 2.26. The fraction of sp³-hybridized carbons (Fsp3) is 0.310. The Morgan fingerprint density at radius 3 is 2.88 bits per heavy atom. The van der Waals surface area contributed by atoms with Gasteiger partial charge >= 0.3 is 0 Å². The molecule has 0 aliphatic carbocycles. The average Bonchev–Trinajstić information content (AvgIpc) is 2.97. The van der Waals surface area contributed by atoms with Gasteiger partial charge in [0.15, 0.2) is 0 Å². The molecule has 1 aromatic heterocycles. The summed E-state index contributed by atoms with van der Waals surface area (Å²) in [7, 11) is 0. The molecule has 10 nitrogen and oxygen atoms in total. The first kappa shape index (κ1) is 28.1. The van der Waals surface area contributed by atoms with E-state index in [9.17, 15) is 19.2 Å². The molecule has 1 fully saturated rings. The second kappa shape index (κ2) is 13.7. The van der Waals surface area contributed by atoms with Gasteiger partial charge in [0, 0.05) is 43.2 Å². The van der Waals surface area contributed by atoms with Crippen LogP contribution in [0.4, 0.5) is 10.2 Å². The maximum absolute atomic E-state index is 13.9. The highest BCUT2D eigenvalue weighted by molar-refractivity contribution is 5.99. The molecule has 40 heavy (non-hydrogen) atoms. The minimum atomic E-state index is -0.372. The molecule has 2 heterocycles. The van der Waals surface area contributed by atoms with Crippen molar-refractivity contribution >= 4 is 17.6 Å². The number of hydrogen-bond donors (Lipinski definition) is 2. The van der Waals surface area contributed by atoms with Crippen LogP contribution in [0, 0.1) is 23.1 Å². The second-order valence-corrected chi connectivity index (χ2v) is 9.39. The van der Waals surface area contributed by atoms with Crippen LogP contribution in [0.2, 0.25) is 0 Å². The lowest BCUT2D eigenvalue weighted by Crippen LogP contribution is -2.45. The van der Waals surface area contributed by atoms with E-state index < -0.39 is 0 Å². The number of carbonyl (C=O) groups is 2. The lowest BCUT2D eigenvalue weighted by Gasteiger charge is -2.29. The lowest BCUT2D eigenvalue weighted by molar-refractivity contribution is -0.127. The van der Waals surface area contributed by atoms with Gasteiger partial charge in [-0.25, -0.2) is 9.37 Å². The Bertz CT molecular complexity index is 1460. The zero-order valence-corrected chi connectivity index (χ0v) is 21.9. The van der Waals surface area contributed by atoms with Crippen LogP contribution >= 0.6 is 0 Å². The highest BCUT2D eigenvalue weighted by atomic mass is 19.1. The third kappa shape index (κ3) is 7.12. The lowest BCUT2D eigenvalue weighted by atomic mass is 9.97. The van der Waals surface area contributed by atoms with Gasteiger partial charge in [-0.15, -0.1) is 0 Å².